The summed E-state index contributed by atoms with van der Waals surface area (Å²) >= 11 is 0. The zero-order valence-corrected chi connectivity index (χ0v) is 12.8. The lowest BCUT2D eigenvalue weighted by molar-refractivity contribution is 0.0916. The number of ether oxygens (including phenoxy) is 2. The Labute approximate surface area is 122 Å². The third-order valence-corrected chi connectivity index (χ3v) is 3.59. The highest BCUT2D eigenvalue weighted by Crippen LogP contribution is 2.25. The summed E-state index contributed by atoms with van der Waals surface area (Å²) in [4.78, 5) is 2.44. The molecule has 2 rings (SSSR count). The van der Waals surface area contributed by atoms with E-state index in [2.05, 4.69) is 35.3 Å². The van der Waals surface area contributed by atoms with Crippen LogP contribution in [0.15, 0.2) is 18.2 Å². The average Bonchev–Trinajstić information content (AvgIpc) is 2.70. The van der Waals surface area contributed by atoms with E-state index in [4.69, 9.17) is 9.47 Å². The highest BCUT2D eigenvalue weighted by molar-refractivity contribution is 5.53. The molecule has 0 aromatic heterocycles. The number of benzene rings is 1. The van der Waals surface area contributed by atoms with Crippen molar-refractivity contribution >= 4 is 5.69 Å². The molecule has 4 nitrogen and oxygen atoms in total. The molecule has 0 radical (unpaired) electrons. The molecule has 1 unspecified atom stereocenters. The second kappa shape index (κ2) is 7.50. The Morgan fingerprint density at radius 1 is 1.30 bits per heavy atom. The summed E-state index contributed by atoms with van der Waals surface area (Å²) in [5.74, 6) is 0.950. The fourth-order valence-electron chi connectivity index (χ4n) is 2.55. The first-order valence-electron chi connectivity index (χ1n) is 7.42. The van der Waals surface area contributed by atoms with E-state index in [9.17, 15) is 0 Å². The Bertz CT molecular complexity index is 415. The van der Waals surface area contributed by atoms with Crippen molar-refractivity contribution in [3.63, 3.8) is 0 Å². The van der Waals surface area contributed by atoms with Gasteiger partial charge >= 0.3 is 0 Å². The van der Waals surface area contributed by atoms with Crippen LogP contribution in [0.2, 0.25) is 0 Å². The van der Waals surface area contributed by atoms with E-state index in [1.165, 1.54) is 17.7 Å². The van der Waals surface area contributed by atoms with Crippen molar-refractivity contribution in [2.75, 3.05) is 44.8 Å². The van der Waals surface area contributed by atoms with Gasteiger partial charge in [0.05, 0.1) is 6.61 Å². The average molecular weight is 278 g/mol. The molecular weight excluding hydrogens is 252 g/mol. The number of rotatable bonds is 5. The summed E-state index contributed by atoms with van der Waals surface area (Å²) in [6.07, 6.45) is 1.27. The minimum atomic E-state index is 0.0759. The number of nitrogens with one attached hydrogen (secondary N) is 1. The van der Waals surface area contributed by atoms with Gasteiger partial charge in [-0.2, -0.15) is 0 Å². The SMILES string of the molecule is COCC(C)Oc1ccc(N2CCCNCC2)cc1C. The minimum Gasteiger partial charge on any atom is -0.488 e. The smallest absolute Gasteiger partial charge is 0.122 e. The third-order valence-electron chi connectivity index (χ3n) is 3.59. The fraction of sp³-hybridized carbons (Fsp3) is 0.625. The fourth-order valence-corrected chi connectivity index (χ4v) is 2.55. The predicted molar refractivity (Wildman–Crippen MR) is 82.8 cm³/mol. The maximum Gasteiger partial charge on any atom is 0.122 e. The molecule has 1 aliphatic heterocycles. The molecule has 0 saturated carbocycles. The Morgan fingerprint density at radius 3 is 2.90 bits per heavy atom. The van der Waals surface area contributed by atoms with Gasteiger partial charge in [-0.15, -0.1) is 0 Å². The van der Waals surface area contributed by atoms with Crippen molar-refractivity contribution in [2.24, 2.45) is 0 Å². The van der Waals surface area contributed by atoms with Crippen LogP contribution in [-0.4, -0.2) is 46.0 Å². The zero-order chi connectivity index (χ0) is 14.4. The van der Waals surface area contributed by atoms with E-state index < -0.39 is 0 Å². The van der Waals surface area contributed by atoms with Crippen molar-refractivity contribution in [2.45, 2.75) is 26.4 Å². The normalized spacial score (nSPS) is 17.6. The van der Waals surface area contributed by atoms with Gasteiger partial charge in [0, 0.05) is 32.4 Å². The van der Waals surface area contributed by atoms with Crippen LogP contribution in [-0.2, 0) is 4.74 Å². The van der Waals surface area contributed by atoms with Gasteiger partial charge in [-0.3, -0.25) is 0 Å². The largest absolute Gasteiger partial charge is 0.488 e. The van der Waals surface area contributed by atoms with E-state index in [-0.39, 0.29) is 6.10 Å². The van der Waals surface area contributed by atoms with Crippen LogP contribution in [0.25, 0.3) is 0 Å². The van der Waals surface area contributed by atoms with Crippen molar-refractivity contribution in [1.29, 1.82) is 0 Å². The third kappa shape index (κ3) is 4.12. The molecule has 1 aliphatic rings. The Morgan fingerprint density at radius 2 is 2.15 bits per heavy atom. The van der Waals surface area contributed by atoms with Gasteiger partial charge in [-0.1, -0.05) is 0 Å². The van der Waals surface area contributed by atoms with Crippen LogP contribution in [0.5, 0.6) is 5.75 Å². The van der Waals surface area contributed by atoms with Crippen molar-refractivity contribution < 1.29 is 9.47 Å². The molecule has 1 aromatic rings. The van der Waals surface area contributed by atoms with Gasteiger partial charge in [0.1, 0.15) is 11.9 Å². The number of aryl methyl sites for hydroxylation is 1. The summed E-state index contributed by atoms with van der Waals surface area (Å²) < 4.78 is 11.0. The van der Waals surface area contributed by atoms with Gasteiger partial charge in [0.2, 0.25) is 0 Å². The predicted octanol–water partition coefficient (Wildman–Crippen LogP) is 2.21. The molecule has 1 saturated heterocycles. The first-order chi connectivity index (χ1) is 9.70. The van der Waals surface area contributed by atoms with Crippen molar-refractivity contribution in [3.8, 4) is 5.75 Å². The summed E-state index contributed by atoms with van der Waals surface area (Å²) in [7, 11) is 1.70. The first-order valence-corrected chi connectivity index (χ1v) is 7.42. The number of methoxy groups -OCH3 is 1. The molecule has 1 heterocycles. The lowest BCUT2D eigenvalue weighted by atomic mass is 10.1. The van der Waals surface area contributed by atoms with Gasteiger partial charge < -0.3 is 19.7 Å². The van der Waals surface area contributed by atoms with Crippen molar-refractivity contribution in [3.05, 3.63) is 23.8 Å². The van der Waals surface area contributed by atoms with Crippen LogP contribution < -0.4 is 15.0 Å². The standard InChI is InChI=1S/C16H26N2O2/c1-13-11-15(18-9-4-7-17-8-10-18)5-6-16(13)20-14(2)12-19-3/h5-6,11,14,17H,4,7-10,12H2,1-3H3. The summed E-state index contributed by atoms with van der Waals surface area (Å²) in [5, 5.41) is 3.43. The quantitative estimate of drug-likeness (QED) is 0.895. The maximum absolute atomic E-state index is 5.90. The lowest BCUT2D eigenvalue weighted by Crippen LogP contribution is -2.27. The molecule has 0 spiro atoms. The molecular formula is C16H26N2O2. The van der Waals surface area contributed by atoms with E-state index in [1.807, 2.05) is 6.92 Å². The van der Waals surface area contributed by atoms with Crippen LogP contribution in [0.4, 0.5) is 5.69 Å². The summed E-state index contributed by atoms with van der Waals surface area (Å²) in [6, 6.07) is 6.46. The van der Waals surface area contributed by atoms with Crippen molar-refractivity contribution in [1.82, 2.24) is 5.32 Å². The van der Waals surface area contributed by atoms with E-state index in [0.29, 0.717) is 6.61 Å². The van der Waals surface area contributed by atoms with Gasteiger partial charge in [-0.05, 0) is 50.6 Å². The molecule has 0 bridgehead atoms. The molecule has 0 aliphatic carbocycles. The van der Waals surface area contributed by atoms with Gasteiger partial charge in [0.15, 0.2) is 0 Å². The topological polar surface area (TPSA) is 33.7 Å². The molecule has 20 heavy (non-hydrogen) atoms. The van der Waals surface area contributed by atoms with Crippen LogP contribution in [0.3, 0.4) is 0 Å². The molecule has 1 atom stereocenters. The molecule has 1 fully saturated rings. The minimum absolute atomic E-state index is 0.0759. The first kappa shape index (κ1) is 15.1. The maximum atomic E-state index is 5.90. The lowest BCUT2D eigenvalue weighted by Gasteiger charge is -2.24. The number of nitrogens with zero attached hydrogens (tertiary/aromatic N) is 1. The van der Waals surface area contributed by atoms with E-state index in [1.54, 1.807) is 7.11 Å². The Kier molecular flexibility index (Phi) is 5.68. The molecule has 0 amide bonds. The van der Waals surface area contributed by atoms with E-state index >= 15 is 0 Å². The van der Waals surface area contributed by atoms with E-state index in [0.717, 1.165) is 31.9 Å². The molecule has 112 valence electrons. The summed E-state index contributed by atoms with van der Waals surface area (Å²) in [5.41, 5.74) is 2.47. The zero-order valence-electron chi connectivity index (χ0n) is 12.8. The van der Waals surface area contributed by atoms with Gasteiger partial charge in [-0.25, -0.2) is 0 Å². The highest BCUT2D eigenvalue weighted by atomic mass is 16.5. The van der Waals surface area contributed by atoms with Gasteiger partial charge in [0.25, 0.3) is 0 Å². The monoisotopic (exact) mass is 278 g/mol. The van der Waals surface area contributed by atoms with Crippen LogP contribution in [0, 0.1) is 6.92 Å². The number of hydrogen-bond acceptors (Lipinski definition) is 4. The molecule has 1 aromatic carbocycles. The Hall–Kier alpha value is -1.26. The number of hydrogen-bond donors (Lipinski definition) is 1. The molecule has 1 N–H and O–H groups in total. The van der Waals surface area contributed by atoms with Crippen LogP contribution in [0.1, 0.15) is 18.9 Å². The second-order valence-corrected chi connectivity index (χ2v) is 5.42. The van der Waals surface area contributed by atoms with Crippen LogP contribution >= 0.6 is 0 Å². The summed E-state index contributed by atoms with van der Waals surface area (Å²) in [6.45, 7) is 9.10. The highest BCUT2D eigenvalue weighted by Gasteiger charge is 2.12. The number of anilines is 1. The Balaban J connectivity index is 2.04. The molecule has 4 heteroatoms. The second-order valence-electron chi connectivity index (χ2n) is 5.42.